The summed E-state index contributed by atoms with van der Waals surface area (Å²) in [5, 5.41) is 3.52. The van der Waals surface area contributed by atoms with Crippen molar-refractivity contribution in [3.63, 3.8) is 0 Å². The summed E-state index contributed by atoms with van der Waals surface area (Å²) in [5.41, 5.74) is 2.42. The molecule has 204 valence electrons. The number of ketones is 1. The van der Waals surface area contributed by atoms with Gasteiger partial charge in [0.1, 0.15) is 0 Å². The molecule has 8 heteroatoms. The van der Waals surface area contributed by atoms with Gasteiger partial charge in [0.05, 0.1) is 16.8 Å². The lowest BCUT2D eigenvalue weighted by molar-refractivity contribution is -0.137. The minimum atomic E-state index is -4.45. The smallest absolute Gasteiger partial charge is 0.385 e. The van der Waals surface area contributed by atoms with Crippen molar-refractivity contribution in [3.05, 3.63) is 130 Å². The molecule has 5 aromatic rings. The lowest BCUT2D eigenvalue weighted by atomic mass is 10.0. The summed E-state index contributed by atoms with van der Waals surface area (Å²) in [5.74, 6) is 0.0575. The molecule has 5 nitrogen and oxygen atoms in total. The van der Waals surface area contributed by atoms with E-state index in [4.69, 9.17) is 0 Å². The number of para-hydroxylation sites is 1. The largest absolute Gasteiger partial charge is 0.416 e. The molecule has 0 saturated carbocycles. The van der Waals surface area contributed by atoms with Crippen LogP contribution in [0.5, 0.6) is 0 Å². The molecule has 0 aliphatic rings. The molecule has 1 aromatic heterocycles. The second kappa shape index (κ2) is 12.4. The van der Waals surface area contributed by atoms with Crippen LogP contribution in [0.4, 0.5) is 18.9 Å². The molecule has 0 radical (unpaired) electrons. The number of hydrogen-bond acceptors (Lipinski definition) is 4. The van der Waals surface area contributed by atoms with Gasteiger partial charge in [-0.2, -0.15) is 18.2 Å². The molecule has 0 unspecified atom stereocenters. The van der Waals surface area contributed by atoms with Crippen LogP contribution in [0.2, 0.25) is 0 Å². The molecule has 40 heavy (non-hydrogen) atoms. The summed E-state index contributed by atoms with van der Waals surface area (Å²) in [4.78, 5) is 28.5. The van der Waals surface area contributed by atoms with Gasteiger partial charge in [-0.1, -0.05) is 72.8 Å². The second-order valence-corrected chi connectivity index (χ2v) is 8.85. The molecular weight excluding hydrogens is 515 g/mol. The zero-order valence-corrected chi connectivity index (χ0v) is 22.1. The van der Waals surface area contributed by atoms with E-state index in [0.29, 0.717) is 23.0 Å². The lowest BCUT2D eigenvalue weighted by Crippen LogP contribution is -2.23. The SMILES string of the molecule is CCNc1ccccc1C(=O)c1ccccc1.CCn1c(=O)nc(-c2ccccc2)c2cc(C(F)(F)F)ccc21. The van der Waals surface area contributed by atoms with Crippen LogP contribution in [0, 0.1) is 0 Å². The van der Waals surface area contributed by atoms with Crippen LogP contribution >= 0.6 is 0 Å². The van der Waals surface area contributed by atoms with Crippen LogP contribution in [0.1, 0.15) is 35.3 Å². The van der Waals surface area contributed by atoms with Crippen LogP contribution in [0.15, 0.2) is 108 Å². The van der Waals surface area contributed by atoms with Gasteiger partial charge in [0.15, 0.2) is 5.78 Å². The van der Waals surface area contributed by atoms with Gasteiger partial charge in [-0.3, -0.25) is 9.36 Å². The molecule has 0 atom stereocenters. The zero-order valence-electron chi connectivity index (χ0n) is 22.1. The maximum absolute atomic E-state index is 13.0. The molecule has 0 aliphatic heterocycles. The number of fused-ring (bicyclic) bond motifs is 1. The van der Waals surface area contributed by atoms with Crippen molar-refractivity contribution >= 4 is 22.4 Å². The second-order valence-electron chi connectivity index (χ2n) is 8.85. The number of aryl methyl sites for hydroxylation is 1. The van der Waals surface area contributed by atoms with Gasteiger partial charge in [-0.05, 0) is 44.2 Å². The van der Waals surface area contributed by atoms with Crippen LogP contribution in [-0.2, 0) is 12.7 Å². The fourth-order valence-electron chi connectivity index (χ4n) is 4.35. The van der Waals surface area contributed by atoms with E-state index in [0.717, 1.165) is 35.5 Å². The molecule has 0 aliphatic carbocycles. The number of aromatic nitrogens is 2. The van der Waals surface area contributed by atoms with Crippen LogP contribution in [0.3, 0.4) is 0 Å². The standard InChI is InChI=1S/C17H13F3N2O.C15H15NO/c1-2-22-14-9-8-12(17(18,19)20)10-13(14)15(21-16(22)23)11-6-4-3-5-7-11;1-2-16-14-11-7-6-10-13(14)15(17)12-8-4-3-5-9-12/h3-10H,2H2,1H3;3-11,16H,2H2,1H3. The highest BCUT2D eigenvalue weighted by Crippen LogP contribution is 2.34. The molecule has 0 saturated heterocycles. The average molecular weight is 544 g/mol. The molecule has 0 fully saturated rings. The molecule has 0 bridgehead atoms. The van der Waals surface area contributed by atoms with E-state index in [2.05, 4.69) is 10.3 Å². The summed E-state index contributed by atoms with van der Waals surface area (Å²) in [6, 6.07) is 29.1. The molecule has 4 aromatic carbocycles. The maximum atomic E-state index is 13.0. The third-order valence-corrected chi connectivity index (χ3v) is 6.25. The van der Waals surface area contributed by atoms with Crippen molar-refractivity contribution < 1.29 is 18.0 Å². The number of halogens is 3. The van der Waals surface area contributed by atoms with Gasteiger partial charge < -0.3 is 5.32 Å². The monoisotopic (exact) mass is 543 g/mol. The van der Waals surface area contributed by atoms with Gasteiger partial charge in [-0.15, -0.1) is 0 Å². The molecule has 1 N–H and O–H groups in total. The van der Waals surface area contributed by atoms with Crippen LogP contribution < -0.4 is 11.0 Å². The predicted octanol–water partition coefficient (Wildman–Crippen LogP) is 7.45. The number of nitrogens with zero attached hydrogens (tertiary/aromatic N) is 2. The number of nitrogens with one attached hydrogen (secondary N) is 1. The summed E-state index contributed by atoms with van der Waals surface area (Å²) in [6.45, 7) is 4.91. The first kappa shape index (κ1) is 28.3. The van der Waals surface area contributed by atoms with E-state index in [9.17, 15) is 22.8 Å². The van der Waals surface area contributed by atoms with E-state index in [1.54, 1.807) is 37.3 Å². The predicted molar refractivity (Wildman–Crippen MR) is 153 cm³/mol. The Balaban J connectivity index is 0.000000194. The van der Waals surface area contributed by atoms with Crippen molar-refractivity contribution in [1.29, 1.82) is 0 Å². The zero-order chi connectivity index (χ0) is 28.7. The summed E-state index contributed by atoms with van der Waals surface area (Å²) < 4.78 is 40.4. The van der Waals surface area contributed by atoms with Crippen molar-refractivity contribution in [2.24, 2.45) is 0 Å². The van der Waals surface area contributed by atoms with E-state index in [-0.39, 0.29) is 11.5 Å². The average Bonchev–Trinajstić information content (AvgIpc) is 2.97. The number of rotatable bonds is 6. The van der Waals surface area contributed by atoms with Crippen LogP contribution in [0.25, 0.3) is 22.2 Å². The van der Waals surface area contributed by atoms with E-state index >= 15 is 0 Å². The van der Waals surface area contributed by atoms with Crippen molar-refractivity contribution in [3.8, 4) is 11.3 Å². The Hall–Kier alpha value is -4.72. The third-order valence-electron chi connectivity index (χ3n) is 6.25. The summed E-state index contributed by atoms with van der Waals surface area (Å²) in [7, 11) is 0. The van der Waals surface area contributed by atoms with E-state index in [1.807, 2.05) is 61.5 Å². The molecule has 5 rings (SSSR count). The molecule has 0 spiro atoms. The Morgan fingerprint density at radius 2 is 1.48 bits per heavy atom. The number of hydrogen-bond donors (Lipinski definition) is 1. The van der Waals surface area contributed by atoms with Gasteiger partial charge in [0, 0.05) is 40.9 Å². The fourth-order valence-corrected chi connectivity index (χ4v) is 4.35. The van der Waals surface area contributed by atoms with Crippen LogP contribution in [-0.4, -0.2) is 21.9 Å². The number of carbonyl (C=O) groups is 1. The molecular formula is C32H28F3N3O2. The lowest BCUT2D eigenvalue weighted by Gasteiger charge is -2.14. The fraction of sp³-hybridized carbons (Fsp3) is 0.156. The topological polar surface area (TPSA) is 64.0 Å². The minimum Gasteiger partial charge on any atom is -0.385 e. The Morgan fingerprint density at radius 3 is 2.10 bits per heavy atom. The first-order valence-corrected chi connectivity index (χ1v) is 12.8. The molecule has 1 heterocycles. The first-order chi connectivity index (χ1) is 19.2. The van der Waals surface area contributed by atoms with Crippen molar-refractivity contribution in [1.82, 2.24) is 9.55 Å². The van der Waals surface area contributed by atoms with Crippen molar-refractivity contribution in [2.45, 2.75) is 26.6 Å². The highest BCUT2D eigenvalue weighted by Gasteiger charge is 2.31. The number of anilines is 1. The number of benzene rings is 4. The van der Waals surface area contributed by atoms with Gasteiger partial charge in [0.2, 0.25) is 0 Å². The van der Waals surface area contributed by atoms with Gasteiger partial charge in [-0.25, -0.2) is 4.79 Å². The molecule has 0 amide bonds. The Bertz CT molecular complexity index is 1660. The quantitative estimate of drug-likeness (QED) is 0.226. The van der Waals surface area contributed by atoms with E-state index in [1.165, 1.54) is 10.6 Å². The Morgan fingerprint density at radius 1 is 0.850 bits per heavy atom. The first-order valence-electron chi connectivity index (χ1n) is 12.8. The van der Waals surface area contributed by atoms with E-state index < -0.39 is 17.4 Å². The third kappa shape index (κ3) is 6.29. The number of alkyl halides is 3. The van der Waals surface area contributed by atoms with Gasteiger partial charge in [0.25, 0.3) is 0 Å². The summed E-state index contributed by atoms with van der Waals surface area (Å²) >= 11 is 0. The highest BCUT2D eigenvalue weighted by atomic mass is 19.4. The minimum absolute atomic E-state index is 0.0575. The maximum Gasteiger partial charge on any atom is 0.416 e. The Kier molecular flexibility index (Phi) is 8.79. The number of carbonyl (C=O) groups excluding carboxylic acids is 1. The normalized spacial score (nSPS) is 11.0. The van der Waals surface area contributed by atoms with Gasteiger partial charge >= 0.3 is 11.9 Å². The summed E-state index contributed by atoms with van der Waals surface area (Å²) in [6.07, 6.45) is -4.45. The highest BCUT2D eigenvalue weighted by molar-refractivity contribution is 6.12. The van der Waals surface area contributed by atoms with Crippen molar-refractivity contribution in [2.75, 3.05) is 11.9 Å². The Labute approximate surface area is 229 Å².